The molecule has 0 N–H and O–H groups in total. The molecule has 0 saturated carbocycles. The molecule has 10 heavy (non-hydrogen) atoms. The van der Waals surface area contributed by atoms with E-state index in [0.717, 1.165) is 0 Å². The van der Waals surface area contributed by atoms with Gasteiger partial charge in [0, 0.05) is 0 Å². The molecule has 60 valence electrons. The van der Waals surface area contributed by atoms with E-state index in [1.165, 1.54) is 0 Å². The topological polar surface area (TPSA) is 18.5 Å². The van der Waals surface area contributed by atoms with Crippen LogP contribution in [0.5, 0.6) is 0 Å². The van der Waals surface area contributed by atoms with Crippen molar-refractivity contribution in [2.75, 3.05) is 6.61 Å². The minimum Gasteiger partial charge on any atom is -0.353 e. The zero-order valence-electron chi connectivity index (χ0n) is 4.76. The van der Waals surface area contributed by atoms with E-state index in [-0.39, 0.29) is 0 Å². The number of halogens is 3. The molecule has 1 rings (SSSR count). The van der Waals surface area contributed by atoms with Crippen LogP contribution in [0.4, 0.5) is 0 Å². The van der Waals surface area contributed by atoms with E-state index < -0.39 is 15.5 Å². The van der Waals surface area contributed by atoms with Gasteiger partial charge in [-0.15, -0.1) is 12.6 Å². The van der Waals surface area contributed by atoms with Crippen LogP contribution in [-0.2, 0) is 9.47 Å². The predicted octanol–water partition coefficient (Wildman–Crippen LogP) is 1.99. The Morgan fingerprint density at radius 3 is 2.50 bits per heavy atom. The van der Waals surface area contributed by atoms with Crippen molar-refractivity contribution in [3.63, 3.8) is 0 Å². The molecule has 0 aromatic rings. The first kappa shape index (κ1) is 9.23. The third-order valence-corrected chi connectivity index (χ3v) is 2.43. The fourth-order valence-corrected chi connectivity index (χ4v) is 1.37. The summed E-state index contributed by atoms with van der Waals surface area (Å²) in [5.41, 5.74) is -1.25. The van der Waals surface area contributed by atoms with Gasteiger partial charge in [-0.25, -0.2) is 0 Å². The molecule has 0 aromatic heterocycles. The SMILES string of the molecule is SC1COC(Cl)C(Cl)(Cl)O1. The Kier molecular flexibility index (Phi) is 3.00. The highest BCUT2D eigenvalue weighted by molar-refractivity contribution is 7.80. The van der Waals surface area contributed by atoms with E-state index in [0.29, 0.717) is 6.61 Å². The quantitative estimate of drug-likeness (QED) is 0.500. The Balaban J connectivity index is 2.55. The lowest BCUT2D eigenvalue weighted by atomic mass is 10.6. The average Bonchev–Trinajstić information content (AvgIpc) is 1.78. The normalized spacial score (nSPS) is 39.6. The van der Waals surface area contributed by atoms with E-state index in [1.54, 1.807) is 0 Å². The van der Waals surface area contributed by atoms with Crippen LogP contribution in [0, 0.1) is 0 Å². The van der Waals surface area contributed by atoms with Crippen LogP contribution in [0.3, 0.4) is 0 Å². The van der Waals surface area contributed by atoms with Crippen molar-refractivity contribution < 1.29 is 9.47 Å². The van der Waals surface area contributed by atoms with Crippen molar-refractivity contribution in [3.05, 3.63) is 0 Å². The van der Waals surface area contributed by atoms with Gasteiger partial charge in [-0.05, 0) is 0 Å². The monoisotopic (exact) mass is 222 g/mol. The Bertz CT molecular complexity index is 132. The molecule has 0 aromatic carbocycles. The summed E-state index contributed by atoms with van der Waals surface area (Å²) in [5.74, 6) is 0. The molecule has 0 amide bonds. The highest BCUT2D eigenvalue weighted by Crippen LogP contribution is 2.36. The first-order chi connectivity index (χ1) is 4.52. The van der Waals surface area contributed by atoms with Crippen LogP contribution in [0.15, 0.2) is 0 Å². The smallest absolute Gasteiger partial charge is 0.259 e. The molecule has 0 bridgehead atoms. The number of hydrogen-bond acceptors (Lipinski definition) is 3. The summed E-state index contributed by atoms with van der Waals surface area (Å²) in [4.78, 5) is 0. The fraction of sp³-hybridized carbons (Fsp3) is 1.00. The van der Waals surface area contributed by atoms with Gasteiger partial charge in [0.1, 0.15) is 5.44 Å². The Morgan fingerprint density at radius 1 is 1.50 bits per heavy atom. The molecular weight excluding hydrogens is 218 g/mol. The van der Waals surface area contributed by atoms with E-state index in [4.69, 9.17) is 44.3 Å². The number of ether oxygens (including phenoxy) is 2. The van der Waals surface area contributed by atoms with Gasteiger partial charge in [-0.3, -0.25) is 0 Å². The lowest BCUT2D eigenvalue weighted by molar-refractivity contribution is -0.107. The molecule has 0 radical (unpaired) electrons. The van der Waals surface area contributed by atoms with E-state index >= 15 is 0 Å². The summed E-state index contributed by atoms with van der Waals surface area (Å²) in [6.07, 6.45) is 0. The van der Waals surface area contributed by atoms with Crippen LogP contribution in [0.2, 0.25) is 0 Å². The molecule has 0 spiro atoms. The van der Waals surface area contributed by atoms with Crippen molar-refractivity contribution >= 4 is 47.4 Å². The van der Waals surface area contributed by atoms with Crippen molar-refractivity contribution in [2.24, 2.45) is 0 Å². The molecule has 1 aliphatic heterocycles. The number of alkyl halides is 3. The summed E-state index contributed by atoms with van der Waals surface area (Å²) < 4.78 is 8.35. The van der Waals surface area contributed by atoms with Gasteiger partial charge in [0.05, 0.1) is 6.61 Å². The highest BCUT2D eigenvalue weighted by Gasteiger charge is 2.41. The first-order valence-electron chi connectivity index (χ1n) is 2.52. The molecule has 2 unspecified atom stereocenters. The van der Waals surface area contributed by atoms with Gasteiger partial charge >= 0.3 is 0 Å². The minimum atomic E-state index is -1.48. The van der Waals surface area contributed by atoms with Gasteiger partial charge in [-0.2, -0.15) is 0 Å². The zero-order valence-corrected chi connectivity index (χ0v) is 7.92. The van der Waals surface area contributed by atoms with Gasteiger partial charge in [0.15, 0.2) is 5.56 Å². The summed E-state index contributed by atoms with van der Waals surface area (Å²) in [7, 11) is 0. The highest BCUT2D eigenvalue weighted by atomic mass is 35.5. The van der Waals surface area contributed by atoms with Gasteiger partial charge < -0.3 is 9.47 Å². The molecular formula is C4H5Cl3O2S. The third kappa shape index (κ3) is 2.06. The average molecular weight is 224 g/mol. The zero-order chi connectivity index (χ0) is 7.78. The molecule has 0 aliphatic carbocycles. The lowest BCUT2D eigenvalue weighted by Crippen LogP contribution is -2.42. The Morgan fingerprint density at radius 2 is 2.10 bits per heavy atom. The third-order valence-electron chi connectivity index (χ3n) is 0.943. The standard InChI is InChI=1S/C4H5Cl3O2S/c5-3-4(6,7)9-2(10)1-8-3/h2-3,10H,1H2. The lowest BCUT2D eigenvalue weighted by Gasteiger charge is -2.33. The molecule has 1 fully saturated rings. The molecule has 6 heteroatoms. The maximum Gasteiger partial charge on any atom is 0.259 e. The molecule has 1 heterocycles. The van der Waals surface area contributed by atoms with Crippen molar-refractivity contribution in [1.82, 2.24) is 0 Å². The van der Waals surface area contributed by atoms with Gasteiger partial charge in [-0.1, -0.05) is 34.8 Å². The first-order valence-corrected chi connectivity index (χ1v) is 4.22. The molecule has 2 nitrogen and oxygen atoms in total. The second-order valence-electron chi connectivity index (χ2n) is 1.78. The van der Waals surface area contributed by atoms with Crippen molar-refractivity contribution in [3.8, 4) is 0 Å². The number of thiol groups is 1. The van der Waals surface area contributed by atoms with Crippen molar-refractivity contribution in [2.45, 2.75) is 15.5 Å². The van der Waals surface area contributed by atoms with E-state index in [9.17, 15) is 0 Å². The molecule has 1 saturated heterocycles. The van der Waals surface area contributed by atoms with E-state index in [1.807, 2.05) is 0 Å². The second-order valence-corrected chi connectivity index (χ2v) is 4.07. The van der Waals surface area contributed by atoms with Crippen LogP contribution in [-0.4, -0.2) is 22.1 Å². The van der Waals surface area contributed by atoms with Crippen molar-refractivity contribution in [1.29, 1.82) is 0 Å². The fourth-order valence-electron chi connectivity index (χ4n) is 0.533. The molecule has 1 aliphatic rings. The maximum absolute atomic E-state index is 5.55. The number of hydrogen-bond donors (Lipinski definition) is 1. The summed E-state index contributed by atoms with van der Waals surface area (Å²) >= 11 is 20.6. The van der Waals surface area contributed by atoms with Crippen LogP contribution in [0.1, 0.15) is 0 Å². The predicted molar refractivity (Wildman–Crippen MR) is 43.9 cm³/mol. The largest absolute Gasteiger partial charge is 0.353 e. The van der Waals surface area contributed by atoms with Crippen LogP contribution in [0.25, 0.3) is 0 Å². The van der Waals surface area contributed by atoms with E-state index in [2.05, 4.69) is 12.6 Å². The maximum atomic E-state index is 5.55. The molecule has 2 atom stereocenters. The summed E-state index contributed by atoms with van der Waals surface area (Å²) in [6.45, 7) is 0.290. The van der Waals surface area contributed by atoms with Crippen LogP contribution >= 0.6 is 47.4 Å². The second kappa shape index (κ2) is 3.25. The summed E-state index contributed by atoms with van der Waals surface area (Å²) in [6, 6.07) is 0. The van der Waals surface area contributed by atoms with Gasteiger partial charge in [0.2, 0.25) is 0 Å². The Labute approximate surface area is 79.1 Å². The van der Waals surface area contributed by atoms with Gasteiger partial charge in [0.25, 0.3) is 4.52 Å². The minimum absolute atomic E-state index is 0.290. The number of rotatable bonds is 0. The van der Waals surface area contributed by atoms with Crippen LogP contribution < -0.4 is 0 Å². The Hall–Kier alpha value is 1.14. The summed E-state index contributed by atoms with van der Waals surface area (Å²) in [5, 5.41) is 0.